The van der Waals surface area contributed by atoms with E-state index in [1.54, 1.807) is 18.2 Å². The van der Waals surface area contributed by atoms with Crippen molar-refractivity contribution in [3.63, 3.8) is 0 Å². The first-order valence-corrected chi connectivity index (χ1v) is 19.4. The highest BCUT2D eigenvalue weighted by Crippen LogP contribution is 2.53. The zero-order chi connectivity index (χ0) is 39.0. The van der Waals surface area contributed by atoms with E-state index < -0.39 is 24.0 Å². The molecule has 6 rings (SSSR count). The number of hydrogen-bond donors (Lipinski definition) is 2. The summed E-state index contributed by atoms with van der Waals surface area (Å²) in [6.07, 6.45) is -0.726. The number of rotatable bonds is 17. The summed E-state index contributed by atoms with van der Waals surface area (Å²) < 4.78 is 55.0. The molecule has 0 saturated heterocycles. The van der Waals surface area contributed by atoms with E-state index in [0.717, 1.165) is 40.0 Å². The van der Waals surface area contributed by atoms with Gasteiger partial charge in [0.15, 0.2) is 5.16 Å². The Bertz CT molecular complexity index is 2050. The second-order valence-electron chi connectivity index (χ2n) is 13.6. The van der Waals surface area contributed by atoms with Crippen LogP contribution >= 0.6 is 11.8 Å². The molecular weight excluding hydrogens is 726 g/mol. The number of imidazole rings is 1. The van der Waals surface area contributed by atoms with Crippen LogP contribution in [0.15, 0.2) is 102 Å². The molecule has 288 valence electrons. The average molecular weight is 771 g/mol. The maximum Gasteiger partial charge on any atom is 0.406 e. The third-order valence-corrected chi connectivity index (χ3v) is 10.8. The molecule has 0 saturated carbocycles. The number of nitrogens with one attached hydrogen (secondary N) is 2. The number of aryl methyl sites for hydroxylation is 1. The van der Waals surface area contributed by atoms with Gasteiger partial charge in [-0.1, -0.05) is 103 Å². The summed E-state index contributed by atoms with van der Waals surface area (Å²) >= 11 is 1.49. The number of halogens is 3. The summed E-state index contributed by atoms with van der Waals surface area (Å²) in [5.74, 6) is 0.715. The number of carbonyl (C=O) groups is 2. The van der Waals surface area contributed by atoms with Crippen molar-refractivity contribution in [2.24, 2.45) is 0 Å². The number of hydrogen-bond acceptors (Lipinski definition) is 6. The van der Waals surface area contributed by atoms with Crippen LogP contribution in [-0.4, -0.2) is 58.8 Å². The second-order valence-corrected chi connectivity index (χ2v) is 14.7. The largest absolute Gasteiger partial charge is 0.496 e. The van der Waals surface area contributed by atoms with E-state index in [1.165, 1.54) is 25.1 Å². The number of H-pyrrole nitrogens is 1. The van der Waals surface area contributed by atoms with Crippen LogP contribution in [0.1, 0.15) is 70.9 Å². The predicted octanol–water partition coefficient (Wildman–Crippen LogP) is 9.27. The fourth-order valence-corrected chi connectivity index (χ4v) is 8.06. The van der Waals surface area contributed by atoms with Gasteiger partial charge in [-0.25, -0.2) is 4.98 Å². The fourth-order valence-electron chi connectivity index (χ4n) is 7.21. The van der Waals surface area contributed by atoms with Crippen molar-refractivity contribution in [2.45, 2.75) is 69.4 Å². The molecule has 8 nitrogen and oxygen atoms in total. The minimum absolute atomic E-state index is 0.216. The second kappa shape index (κ2) is 17.5. The zero-order valence-corrected chi connectivity index (χ0v) is 32.0. The van der Waals surface area contributed by atoms with Gasteiger partial charge in [-0.2, -0.15) is 13.2 Å². The highest BCUT2D eigenvalue weighted by atomic mass is 32.2. The Kier molecular flexibility index (Phi) is 12.5. The van der Waals surface area contributed by atoms with E-state index in [2.05, 4.69) is 15.3 Å². The van der Waals surface area contributed by atoms with Crippen LogP contribution in [0.5, 0.6) is 11.5 Å². The maximum absolute atomic E-state index is 15.1. The summed E-state index contributed by atoms with van der Waals surface area (Å²) in [5.41, 5.74) is 4.72. The molecular formula is C43H45F3N4O4S. The predicted molar refractivity (Wildman–Crippen MR) is 208 cm³/mol. The Morgan fingerprint density at radius 1 is 0.927 bits per heavy atom. The molecule has 12 heteroatoms. The van der Waals surface area contributed by atoms with Crippen LogP contribution in [0.4, 0.5) is 13.2 Å². The first-order valence-electron chi connectivity index (χ1n) is 18.4. The van der Waals surface area contributed by atoms with Crippen LogP contribution < -0.4 is 14.8 Å². The summed E-state index contributed by atoms with van der Waals surface area (Å²) in [6, 6.07) is 28.0. The van der Waals surface area contributed by atoms with Gasteiger partial charge in [0.25, 0.3) is 5.91 Å². The van der Waals surface area contributed by atoms with Crippen molar-refractivity contribution in [1.82, 2.24) is 20.2 Å². The number of unbranched alkanes of at least 4 members (excludes halogenated alkanes) is 2. The van der Waals surface area contributed by atoms with Crippen molar-refractivity contribution in [2.75, 3.05) is 26.0 Å². The molecule has 1 heterocycles. The molecule has 1 aliphatic rings. The maximum atomic E-state index is 15.1. The van der Waals surface area contributed by atoms with Crippen LogP contribution in [0.2, 0.25) is 0 Å². The van der Waals surface area contributed by atoms with Gasteiger partial charge >= 0.3 is 6.18 Å². The highest BCUT2D eigenvalue weighted by Gasteiger charge is 2.51. The molecule has 0 spiro atoms. The molecule has 2 N–H and O–H groups in total. The van der Waals surface area contributed by atoms with Gasteiger partial charge in [0, 0.05) is 30.5 Å². The Balaban J connectivity index is 1.24. The van der Waals surface area contributed by atoms with Crippen molar-refractivity contribution in [3.05, 3.63) is 131 Å². The number of fused-ring (bicyclic) bond motifs is 3. The molecule has 2 amide bonds. The molecule has 4 aromatic carbocycles. The Hall–Kier alpha value is -5.23. The fraction of sp³-hybridized carbons (Fsp3) is 0.326. The minimum Gasteiger partial charge on any atom is -0.496 e. The molecule has 1 aliphatic carbocycles. The van der Waals surface area contributed by atoms with Crippen molar-refractivity contribution in [1.29, 1.82) is 0 Å². The third-order valence-electron chi connectivity index (χ3n) is 9.80. The summed E-state index contributed by atoms with van der Waals surface area (Å²) in [7, 11) is 1.45. The first kappa shape index (κ1) is 39.5. The lowest BCUT2D eigenvalue weighted by molar-refractivity contribution is -0.165. The van der Waals surface area contributed by atoms with Crippen molar-refractivity contribution >= 4 is 23.6 Å². The molecule has 1 aromatic heterocycles. The van der Waals surface area contributed by atoms with Gasteiger partial charge in [0.1, 0.15) is 35.8 Å². The van der Waals surface area contributed by atoms with Crippen LogP contribution in [0.3, 0.4) is 0 Å². The minimum atomic E-state index is -4.65. The monoisotopic (exact) mass is 770 g/mol. The summed E-state index contributed by atoms with van der Waals surface area (Å²) in [5, 5.41) is 3.38. The van der Waals surface area contributed by atoms with E-state index in [9.17, 15) is 18.0 Å². The van der Waals surface area contributed by atoms with Crippen molar-refractivity contribution < 1.29 is 32.2 Å². The SMILES string of the molecule is CCNC(=O)c1cnc(SCCCCCC2(C(=O)N(Cc3ccc(OCc4ccc(C)cc4)cc3OC)CC(F)(F)F)c3ccccc3-c3ccccc32)[nH]1. The van der Waals surface area contributed by atoms with E-state index in [-0.39, 0.29) is 12.5 Å². The van der Waals surface area contributed by atoms with Crippen LogP contribution in [-0.2, 0) is 23.4 Å². The summed E-state index contributed by atoms with van der Waals surface area (Å²) in [4.78, 5) is 35.5. The standard InChI is InChI=1S/C43H45F3N4O4S/c1-4-47-39(51)37-25-48-41(49-37)55-23-11-5-10-22-42(35-14-8-6-12-33(35)34-13-7-9-15-36(34)42)40(52)50(28-43(44,45)46)26-31-20-21-32(24-38(31)53-3)54-27-30-18-16-29(2)17-19-30/h6-9,12-21,24-25H,4-5,10-11,22-23,26-28H2,1-3H3,(H,47,51)(H,48,49). The van der Waals surface area contributed by atoms with Gasteiger partial charge in [-0.15, -0.1) is 0 Å². The number of benzene rings is 4. The number of ether oxygens (including phenoxy) is 2. The molecule has 0 aliphatic heterocycles. The lowest BCUT2D eigenvalue weighted by Gasteiger charge is -2.37. The number of nitrogens with zero attached hydrogens (tertiary/aromatic N) is 2. The Morgan fingerprint density at radius 2 is 1.62 bits per heavy atom. The molecule has 0 fully saturated rings. The summed E-state index contributed by atoms with van der Waals surface area (Å²) in [6.45, 7) is 2.93. The first-order chi connectivity index (χ1) is 26.5. The molecule has 0 radical (unpaired) electrons. The van der Waals surface area contributed by atoms with Gasteiger partial charge in [-0.05, 0) is 66.6 Å². The number of alkyl halides is 3. The van der Waals surface area contributed by atoms with E-state index in [1.807, 2.05) is 86.6 Å². The number of aromatic amines is 1. The highest BCUT2D eigenvalue weighted by molar-refractivity contribution is 7.99. The van der Waals surface area contributed by atoms with Crippen molar-refractivity contribution in [3.8, 4) is 22.6 Å². The molecule has 5 aromatic rings. The number of carbonyl (C=O) groups excluding carboxylic acids is 2. The van der Waals surface area contributed by atoms with Crippen LogP contribution in [0, 0.1) is 6.92 Å². The van der Waals surface area contributed by atoms with Crippen LogP contribution in [0.25, 0.3) is 11.1 Å². The van der Waals surface area contributed by atoms with Gasteiger partial charge in [-0.3, -0.25) is 9.59 Å². The van der Waals surface area contributed by atoms with Gasteiger partial charge in [0.2, 0.25) is 5.91 Å². The number of methoxy groups -OCH3 is 1. The lowest BCUT2D eigenvalue weighted by atomic mass is 9.72. The van der Waals surface area contributed by atoms with E-state index >= 15 is 4.79 Å². The molecule has 0 atom stereocenters. The lowest BCUT2D eigenvalue weighted by Crippen LogP contribution is -2.49. The smallest absolute Gasteiger partial charge is 0.406 e. The normalized spacial score (nSPS) is 12.8. The number of aromatic nitrogens is 2. The average Bonchev–Trinajstić information content (AvgIpc) is 3.77. The molecule has 0 bridgehead atoms. The zero-order valence-electron chi connectivity index (χ0n) is 31.2. The number of thioether (sulfide) groups is 1. The third kappa shape index (κ3) is 9.19. The number of amides is 2. The Labute approximate surface area is 323 Å². The molecule has 55 heavy (non-hydrogen) atoms. The van der Waals surface area contributed by atoms with E-state index in [4.69, 9.17) is 9.47 Å². The quantitative estimate of drug-likeness (QED) is 0.0723. The van der Waals surface area contributed by atoms with E-state index in [0.29, 0.717) is 70.8 Å². The molecule has 0 unspecified atom stereocenters. The van der Waals surface area contributed by atoms with Gasteiger partial charge in [0.05, 0.1) is 13.3 Å². The Morgan fingerprint density at radius 3 is 2.27 bits per heavy atom. The topological polar surface area (TPSA) is 96.6 Å². The van der Waals surface area contributed by atoms with Gasteiger partial charge < -0.3 is 24.7 Å².